The predicted octanol–water partition coefficient (Wildman–Crippen LogP) is 2.40. The van der Waals surface area contributed by atoms with Gasteiger partial charge >= 0.3 is 0 Å². The highest BCUT2D eigenvalue weighted by Gasteiger charge is 2.34. The zero-order valence-corrected chi connectivity index (χ0v) is 15.5. The number of carbonyl (C=O) groups excluding carboxylic acids is 2. The minimum absolute atomic E-state index is 0. The lowest BCUT2D eigenvalue weighted by molar-refractivity contribution is -0.122. The van der Waals surface area contributed by atoms with Gasteiger partial charge in [-0.15, -0.1) is 12.4 Å². The monoisotopic (exact) mass is 365 g/mol. The number of rotatable bonds is 6. The fourth-order valence-corrected chi connectivity index (χ4v) is 3.96. The van der Waals surface area contributed by atoms with E-state index in [-0.39, 0.29) is 24.2 Å². The lowest BCUT2D eigenvalue weighted by atomic mass is 9.89. The Bertz CT molecular complexity index is 596. The minimum Gasteiger partial charge on any atom is -0.352 e. The highest BCUT2D eigenvalue weighted by Crippen LogP contribution is 2.32. The summed E-state index contributed by atoms with van der Waals surface area (Å²) in [7, 11) is 0. The molecule has 1 aromatic rings. The molecule has 2 aliphatic rings. The first-order chi connectivity index (χ1) is 11.6. The van der Waals surface area contributed by atoms with E-state index in [9.17, 15) is 9.59 Å². The lowest BCUT2D eigenvalue weighted by Gasteiger charge is -2.28. The number of benzene rings is 1. The Morgan fingerprint density at radius 3 is 2.56 bits per heavy atom. The molecule has 2 fully saturated rings. The summed E-state index contributed by atoms with van der Waals surface area (Å²) >= 11 is 0. The Morgan fingerprint density at radius 1 is 1.16 bits per heavy atom. The maximum atomic E-state index is 12.2. The van der Waals surface area contributed by atoms with Gasteiger partial charge in [-0.2, -0.15) is 0 Å². The van der Waals surface area contributed by atoms with Gasteiger partial charge in [-0.05, 0) is 56.2 Å². The topological polar surface area (TPSA) is 70.2 Å². The minimum atomic E-state index is -0.0733. The fraction of sp³-hybridized carbons (Fsp3) is 0.579. The van der Waals surface area contributed by atoms with E-state index in [1.807, 2.05) is 25.1 Å². The lowest BCUT2D eigenvalue weighted by Crippen LogP contribution is -2.39. The molecule has 6 heteroatoms. The second kappa shape index (κ2) is 9.20. The van der Waals surface area contributed by atoms with Gasteiger partial charge in [-0.1, -0.05) is 12.1 Å². The van der Waals surface area contributed by atoms with Crippen LogP contribution >= 0.6 is 12.4 Å². The van der Waals surface area contributed by atoms with E-state index in [1.54, 1.807) is 6.07 Å². The number of hydrogen-bond acceptors (Lipinski definition) is 3. The first-order valence-electron chi connectivity index (χ1n) is 9.04. The summed E-state index contributed by atoms with van der Waals surface area (Å²) in [4.78, 5) is 24.1. The van der Waals surface area contributed by atoms with Gasteiger partial charge in [0.2, 0.25) is 5.91 Å². The summed E-state index contributed by atoms with van der Waals surface area (Å²) in [5.74, 6) is 0.547. The first kappa shape index (κ1) is 19.7. The van der Waals surface area contributed by atoms with Crippen molar-refractivity contribution in [3.05, 3.63) is 35.4 Å². The second-order valence-electron chi connectivity index (χ2n) is 7.02. The van der Waals surface area contributed by atoms with Gasteiger partial charge in [-0.25, -0.2) is 0 Å². The third-order valence-electron chi connectivity index (χ3n) is 5.06. The molecule has 0 saturated carbocycles. The molecular formula is C19H28ClN3O2. The van der Waals surface area contributed by atoms with Gasteiger partial charge in [0.25, 0.3) is 5.91 Å². The molecule has 138 valence electrons. The average Bonchev–Trinajstić information content (AvgIpc) is 2.92. The van der Waals surface area contributed by atoms with Crippen LogP contribution in [0, 0.1) is 5.92 Å². The van der Waals surface area contributed by atoms with Crippen molar-refractivity contribution in [1.82, 2.24) is 16.0 Å². The third-order valence-corrected chi connectivity index (χ3v) is 5.06. The molecule has 2 aliphatic heterocycles. The first-order valence-corrected chi connectivity index (χ1v) is 9.04. The Balaban J connectivity index is 0.00000225. The van der Waals surface area contributed by atoms with Crippen LogP contribution in [0.2, 0.25) is 0 Å². The SMILES string of the molecule is CCNC(=O)c1cccc(CNC(=O)CC2CC3CCC(C2)N3)c1.Cl. The second-order valence-corrected chi connectivity index (χ2v) is 7.02. The number of piperidine rings is 1. The molecule has 0 aromatic heterocycles. The van der Waals surface area contributed by atoms with E-state index in [2.05, 4.69) is 16.0 Å². The molecule has 3 rings (SSSR count). The number of carbonyl (C=O) groups is 2. The molecule has 2 amide bonds. The Morgan fingerprint density at radius 2 is 1.88 bits per heavy atom. The molecule has 2 heterocycles. The van der Waals surface area contributed by atoms with Crippen LogP contribution in [0.25, 0.3) is 0 Å². The van der Waals surface area contributed by atoms with Crippen molar-refractivity contribution >= 4 is 24.2 Å². The summed E-state index contributed by atoms with van der Waals surface area (Å²) < 4.78 is 0. The Labute approximate surface area is 155 Å². The molecule has 2 unspecified atom stereocenters. The predicted molar refractivity (Wildman–Crippen MR) is 101 cm³/mol. The van der Waals surface area contributed by atoms with Gasteiger partial charge in [0.1, 0.15) is 0 Å². The molecular weight excluding hydrogens is 338 g/mol. The zero-order valence-electron chi connectivity index (χ0n) is 14.7. The number of fused-ring (bicyclic) bond motifs is 2. The van der Waals surface area contributed by atoms with E-state index in [0.29, 0.717) is 43.1 Å². The molecule has 5 nitrogen and oxygen atoms in total. The number of nitrogens with one attached hydrogen (secondary N) is 3. The van der Waals surface area contributed by atoms with Crippen molar-refractivity contribution in [2.24, 2.45) is 5.92 Å². The van der Waals surface area contributed by atoms with Crippen LogP contribution in [0.3, 0.4) is 0 Å². The summed E-state index contributed by atoms with van der Waals surface area (Å²) in [5.41, 5.74) is 1.59. The van der Waals surface area contributed by atoms with Crippen LogP contribution in [0.5, 0.6) is 0 Å². The van der Waals surface area contributed by atoms with E-state index in [0.717, 1.165) is 18.4 Å². The maximum absolute atomic E-state index is 12.2. The quantitative estimate of drug-likeness (QED) is 0.725. The van der Waals surface area contributed by atoms with Gasteiger partial charge in [-0.3, -0.25) is 9.59 Å². The summed E-state index contributed by atoms with van der Waals surface area (Å²) in [5, 5.41) is 9.40. The van der Waals surface area contributed by atoms with Gasteiger partial charge in [0.15, 0.2) is 0 Å². The number of hydrogen-bond donors (Lipinski definition) is 3. The molecule has 0 spiro atoms. The molecule has 2 bridgehead atoms. The van der Waals surface area contributed by atoms with Crippen molar-refractivity contribution in [2.75, 3.05) is 6.54 Å². The average molecular weight is 366 g/mol. The maximum Gasteiger partial charge on any atom is 0.251 e. The van der Waals surface area contributed by atoms with Gasteiger partial charge in [0, 0.05) is 37.2 Å². The van der Waals surface area contributed by atoms with Crippen LogP contribution in [-0.2, 0) is 11.3 Å². The van der Waals surface area contributed by atoms with Crippen molar-refractivity contribution in [3.63, 3.8) is 0 Å². The molecule has 3 N–H and O–H groups in total. The zero-order chi connectivity index (χ0) is 16.9. The van der Waals surface area contributed by atoms with Crippen molar-refractivity contribution < 1.29 is 9.59 Å². The summed E-state index contributed by atoms with van der Waals surface area (Å²) in [6.07, 6.45) is 5.38. The molecule has 25 heavy (non-hydrogen) atoms. The van der Waals surface area contributed by atoms with Crippen LogP contribution in [0.1, 0.15) is 54.9 Å². The molecule has 0 aliphatic carbocycles. The van der Waals surface area contributed by atoms with E-state index >= 15 is 0 Å². The highest BCUT2D eigenvalue weighted by molar-refractivity contribution is 5.94. The Hall–Kier alpha value is -1.59. The van der Waals surface area contributed by atoms with Crippen molar-refractivity contribution in [1.29, 1.82) is 0 Å². The molecule has 0 radical (unpaired) electrons. The fourth-order valence-electron chi connectivity index (χ4n) is 3.96. The van der Waals surface area contributed by atoms with Crippen molar-refractivity contribution in [3.8, 4) is 0 Å². The third kappa shape index (κ3) is 5.44. The van der Waals surface area contributed by atoms with Crippen LogP contribution in [0.4, 0.5) is 0 Å². The van der Waals surface area contributed by atoms with E-state index in [4.69, 9.17) is 0 Å². The van der Waals surface area contributed by atoms with Gasteiger partial charge in [0.05, 0.1) is 0 Å². The number of halogens is 1. The highest BCUT2D eigenvalue weighted by atomic mass is 35.5. The molecule has 2 atom stereocenters. The van der Waals surface area contributed by atoms with Crippen molar-refractivity contribution in [2.45, 2.75) is 57.7 Å². The molecule has 1 aromatic carbocycles. The Kier molecular flexibility index (Phi) is 7.26. The summed E-state index contributed by atoms with van der Waals surface area (Å²) in [6, 6.07) is 8.67. The standard InChI is InChI=1S/C19H27N3O2.ClH/c1-2-20-19(24)15-5-3-4-13(8-15)12-21-18(23)11-14-9-16-6-7-17(10-14)22-16;/h3-5,8,14,16-17,22H,2,6-7,9-12H2,1H3,(H,20,24)(H,21,23);1H. The van der Waals surface area contributed by atoms with E-state index < -0.39 is 0 Å². The molecule has 2 saturated heterocycles. The van der Waals surface area contributed by atoms with Gasteiger partial charge < -0.3 is 16.0 Å². The van der Waals surface area contributed by atoms with E-state index in [1.165, 1.54) is 12.8 Å². The van der Waals surface area contributed by atoms with Crippen LogP contribution in [-0.4, -0.2) is 30.4 Å². The van der Waals surface area contributed by atoms with Crippen LogP contribution < -0.4 is 16.0 Å². The summed E-state index contributed by atoms with van der Waals surface area (Å²) in [6.45, 7) is 2.98. The number of amides is 2. The largest absolute Gasteiger partial charge is 0.352 e. The normalized spacial score (nSPS) is 24.3. The smallest absolute Gasteiger partial charge is 0.251 e. The van der Waals surface area contributed by atoms with Crippen LogP contribution in [0.15, 0.2) is 24.3 Å².